The Morgan fingerprint density at radius 2 is 1.97 bits per heavy atom. The molecule has 2 amide bonds. The van der Waals surface area contributed by atoms with Crippen molar-refractivity contribution >= 4 is 40.2 Å². The molecule has 0 aliphatic carbocycles. The minimum absolute atomic E-state index is 0.298. The third-order valence-electron chi connectivity index (χ3n) is 5.35. The number of methoxy groups -OCH3 is 1. The van der Waals surface area contributed by atoms with E-state index in [0.29, 0.717) is 53.7 Å². The molecule has 0 radical (unpaired) electrons. The Labute approximate surface area is 200 Å². The van der Waals surface area contributed by atoms with Gasteiger partial charge in [-0.1, -0.05) is 24.3 Å². The summed E-state index contributed by atoms with van der Waals surface area (Å²) in [4.78, 5) is 32.7. The van der Waals surface area contributed by atoms with Crippen molar-refractivity contribution < 1.29 is 23.5 Å². The molecule has 7 nitrogen and oxygen atoms in total. The number of carbonyl (C=O) groups excluding carboxylic acids is 2. The number of benzene rings is 2. The topological polar surface area (TPSA) is 80.2 Å². The van der Waals surface area contributed by atoms with Gasteiger partial charge < -0.3 is 19.7 Å². The first-order chi connectivity index (χ1) is 16.5. The predicted molar refractivity (Wildman–Crippen MR) is 130 cm³/mol. The maximum Gasteiger partial charge on any atom is 0.410 e. The van der Waals surface area contributed by atoms with Crippen LogP contribution in [-0.2, 0) is 17.7 Å². The summed E-state index contributed by atoms with van der Waals surface area (Å²) in [5.74, 6) is -0.0951. The number of thiophene rings is 1. The second kappa shape index (κ2) is 10.5. The van der Waals surface area contributed by atoms with E-state index in [-0.39, 0.29) is 17.8 Å². The number of nitrogens with zero attached hydrogens (tertiary/aromatic N) is 2. The van der Waals surface area contributed by atoms with E-state index >= 15 is 0 Å². The Balaban J connectivity index is 1.69. The number of fused-ring (bicyclic) bond motifs is 1. The molecule has 2 aromatic carbocycles. The number of carbonyl (C=O) groups is 2. The smallest absolute Gasteiger partial charge is 0.410 e. The van der Waals surface area contributed by atoms with Gasteiger partial charge >= 0.3 is 6.09 Å². The molecular weight excluding hydrogens is 457 g/mol. The highest BCUT2D eigenvalue weighted by atomic mass is 32.1. The number of aliphatic imine (C=N–C) groups is 1. The lowest BCUT2D eigenvalue weighted by molar-refractivity contribution is 0.102. The number of ether oxygens (including phenoxy) is 2. The molecule has 9 heteroatoms. The number of para-hydroxylation sites is 2. The minimum atomic E-state index is -0.377. The Morgan fingerprint density at radius 3 is 2.71 bits per heavy atom. The largest absolute Gasteiger partial charge is 0.495 e. The summed E-state index contributed by atoms with van der Waals surface area (Å²) >= 11 is 1.36. The van der Waals surface area contributed by atoms with Crippen LogP contribution in [0.5, 0.6) is 5.75 Å². The van der Waals surface area contributed by atoms with Gasteiger partial charge in [0.2, 0.25) is 0 Å². The molecule has 1 aliphatic heterocycles. The summed E-state index contributed by atoms with van der Waals surface area (Å²) in [6.45, 7) is 2.85. The van der Waals surface area contributed by atoms with E-state index in [1.54, 1.807) is 49.4 Å². The Bertz CT molecular complexity index is 1220. The van der Waals surface area contributed by atoms with Crippen molar-refractivity contribution in [2.75, 3.05) is 25.6 Å². The van der Waals surface area contributed by atoms with Crippen LogP contribution in [0.2, 0.25) is 0 Å². The van der Waals surface area contributed by atoms with Crippen molar-refractivity contribution in [2.45, 2.75) is 19.9 Å². The first-order valence-corrected chi connectivity index (χ1v) is 11.6. The van der Waals surface area contributed by atoms with Crippen LogP contribution in [0, 0.1) is 5.82 Å². The average Bonchev–Trinajstić information content (AvgIpc) is 3.22. The summed E-state index contributed by atoms with van der Waals surface area (Å²) in [6, 6.07) is 13.1. The Morgan fingerprint density at radius 1 is 1.21 bits per heavy atom. The quantitative estimate of drug-likeness (QED) is 0.477. The fourth-order valence-electron chi connectivity index (χ4n) is 3.70. The Hall–Kier alpha value is -3.72. The van der Waals surface area contributed by atoms with E-state index in [2.05, 4.69) is 10.3 Å². The van der Waals surface area contributed by atoms with Crippen molar-refractivity contribution in [3.63, 3.8) is 0 Å². The van der Waals surface area contributed by atoms with Crippen LogP contribution in [0.25, 0.3) is 0 Å². The third kappa shape index (κ3) is 5.09. The average molecular weight is 482 g/mol. The van der Waals surface area contributed by atoms with Gasteiger partial charge in [-0.3, -0.25) is 4.79 Å². The molecule has 176 valence electrons. The first kappa shape index (κ1) is 23.4. The van der Waals surface area contributed by atoms with Gasteiger partial charge in [0, 0.05) is 17.6 Å². The van der Waals surface area contributed by atoms with Crippen LogP contribution < -0.4 is 10.1 Å². The Kier molecular flexibility index (Phi) is 7.22. The number of rotatable bonds is 6. The van der Waals surface area contributed by atoms with E-state index in [4.69, 9.17) is 9.47 Å². The molecule has 3 aromatic rings. The van der Waals surface area contributed by atoms with Crippen LogP contribution in [0.15, 0.2) is 53.5 Å². The highest BCUT2D eigenvalue weighted by molar-refractivity contribution is 7.16. The van der Waals surface area contributed by atoms with E-state index in [9.17, 15) is 14.0 Å². The van der Waals surface area contributed by atoms with Gasteiger partial charge in [0.15, 0.2) is 0 Å². The third-order valence-corrected chi connectivity index (χ3v) is 6.47. The zero-order valence-electron chi connectivity index (χ0n) is 18.8. The molecule has 1 aliphatic rings. The normalized spacial score (nSPS) is 13.0. The number of nitrogens with one attached hydrogen (secondary N) is 1. The summed E-state index contributed by atoms with van der Waals surface area (Å²) < 4.78 is 23.7. The number of anilines is 1. The predicted octanol–water partition coefficient (Wildman–Crippen LogP) is 5.41. The number of hydrogen-bond acceptors (Lipinski definition) is 6. The van der Waals surface area contributed by atoms with Crippen LogP contribution in [0.3, 0.4) is 0 Å². The molecule has 1 aromatic heterocycles. The fourth-order valence-corrected chi connectivity index (χ4v) is 4.90. The molecule has 4 rings (SSSR count). The summed E-state index contributed by atoms with van der Waals surface area (Å²) in [7, 11) is 1.54. The van der Waals surface area contributed by atoms with Crippen LogP contribution in [0.4, 0.5) is 19.9 Å². The van der Waals surface area contributed by atoms with Crippen molar-refractivity contribution in [3.05, 3.63) is 75.9 Å². The highest BCUT2D eigenvalue weighted by Crippen LogP contribution is 2.40. The molecule has 0 bridgehead atoms. The van der Waals surface area contributed by atoms with Crippen molar-refractivity contribution in [2.24, 2.45) is 4.99 Å². The maximum absolute atomic E-state index is 13.4. The monoisotopic (exact) mass is 481 g/mol. The van der Waals surface area contributed by atoms with Gasteiger partial charge in [0.1, 0.15) is 16.6 Å². The van der Waals surface area contributed by atoms with Gasteiger partial charge in [-0.2, -0.15) is 0 Å². The lowest BCUT2D eigenvalue weighted by Crippen LogP contribution is -2.36. The van der Waals surface area contributed by atoms with Gasteiger partial charge in [0.05, 0.1) is 31.5 Å². The lowest BCUT2D eigenvalue weighted by atomic mass is 10.0. The van der Waals surface area contributed by atoms with Gasteiger partial charge in [-0.25, -0.2) is 14.2 Å². The number of amides is 2. The molecular formula is C25H24FN3O4S. The van der Waals surface area contributed by atoms with Crippen LogP contribution >= 0.6 is 11.3 Å². The zero-order chi connectivity index (χ0) is 24.1. The van der Waals surface area contributed by atoms with Gasteiger partial charge in [-0.05, 0) is 48.7 Å². The SMILES string of the molecule is CCOC(=O)N1CCc2c(sc(N=Cc3ccc(F)cc3)c2C(=O)Nc2ccccc2OC)C1. The number of halogens is 1. The second-order valence-corrected chi connectivity index (χ2v) is 8.60. The highest BCUT2D eigenvalue weighted by Gasteiger charge is 2.30. The van der Waals surface area contributed by atoms with Crippen LogP contribution in [0.1, 0.15) is 33.3 Å². The van der Waals surface area contributed by atoms with E-state index in [1.807, 2.05) is 12.1 Å². The molecule has 0 unspecified atom stereocenters. The van der Waals surface area contributed by atoms with Crippen LogP contribution in [-0.4, -0.2) is 43.4 Å². The van der Waals surface area contributed by atoms with E-state index < -0.39 is 0 Å². The summed E-state index contributed by atoms with van der Waals surface area (Å²) in [5.41, 5.74) is 2.58. The van der Waals surface area contributed by atoms with Crippen molar-refractivity contribution in [1.82, 2.24) is 4.90 Å². The molecule has 0 fully saturated rings. The first-order valence-electron chi connectivity index (χ1n) is 10.8. The molecule has 1 N–H and O–H groups in total. The molecule has 2 heterocycles. The van der Waals surface area contributed by atoms with E-state index in [0.717, 1.165) is 10.4 Å². The summed E-state index contributed by atoms with van der Waals surface area (Å²) in [5, 5.41) is 3.45. The van der Waals surface area contributed by atoms with Gasteiger partial charge in [0.25, 0.3) is 5.91 Å². The molecule has 34 heavy (non-hydrogen) atoms. The fraction of sp³-hybridized carbons (Fsp3) is 0.240. The van der Waals surface area contributed by atoms with Gasteiger partial charge in [-0.15, -0.1) is 11.3 Å². The standard InChI is InChI=1S/C25H24FN3O4S/c1-3-33-25(31)29-13-12-18-21(15-29)34-24(27-14-16-8-10-17(26)11-9-16)22(18)23(30)28-19-6-4-5-7-20(19)32-2/h4-11,14H,3,12-13,15H2,1-2H3,(H,28,30). The molecule has 0 saturated carbocycles. The summed E-state index contributed by atoms with van der Waals surface area (Å²) in [6.07, 6.45) is 1.73. The second-order valence-electron chi connectivity index (χ2n) is 7.52. The molecule has 0 atom stereocenters. The van der Waals surface area contributed by atoms with Crippen molar-refractivity contribution in [1.29, 1.82) is 0 Å². The lowest BCUT2D eigenvalue weighted by Gasteiger charge is -2.26. The molecule has 0 saturated heterocycles. The molecule has 0 spiro atoms. The zero-order valence-corrected chi connectivity index (χ0v) is 19.7. The van der Waals surface area contributed by atoms with E-state index in [1.165, 1.54) is 23.5 Å². The maximum atomic E-state index is 13.4. The minimum Gasteiger partial charge on any atom is -0.495 e. The van der Waals surface area contributed by atoms with Crippen molar-refractivity contribution in [3.8, 4) is 5.75 Å². The number of hydrogen-bond donors (Lipinski definition) is 1.